The van der Waals surface area contributed by atoms with Crippen LogP contribution in [0.15, 0.2) is 24.3 Å². The summed E-state index contributed by atoms with van der Waals surface area (Å²) in [5.74, 6) is 0.520. The van der Waals surface area contributed by atoms with E-state index in [4.69, 9.17) is 9.47 Å². The molecule has 2 N–H and O–H groups in total. The molecule has 0 radical (unpaired) electrons. The molecule has 1 aromatic carbocycles. The van der Waals surface area contributed by atoms with E-state index in [0.29, 0.717) is 32.8 Å². The van der Waals surface area contributed by atoms with E-state index in [-0.39, 0.29) is 18.4 Å². The van der Waals surface area contributed by atoms with Crippen LogP contribution in [0.5, 0.6) is 5.75 Å². The molecule has 1 amide bonds. The summed E-state index contributed by atoms with van der Waals surface area (Å²) >= 11 is 0. The number of aliphatic hydroxyl groups is 1. The van der Waals surface area contributed by atoms with Gasteiger partial charge in [0, 0.05) is 31.7 Å². The predicted octanol–water partition coefficient (Wildman–Crippen LogP) is 0.752. The highest BCUT2D eigenvalue weighted by molar-refractivity contribution is 5.84. The normalized spacial score (nSPS) is 23.7. The molecule has 0 spiro atoms. The fourth-order valence-corrected chi connectivity index (χ4v) is 3.31. The molecule has 24 heavy (non-hydrogen) atoms. The molecule has 2 aliphatic heterocycles. The van der Waals surface area contributed by atoms with Gasteiger partial charge in [0.15, 0.2) is 0 Å². The van der Waals surface area contributed by atoms with Crippen molar-refractivity contribution >= 4 is 5.91 Å². The van der Waals surface area contributed by atoms with Gasteiger partial charge in [0.2, 0.25) is 5.91 Å². The molecule has 132 valence electrons. The van der Waals surface area contributed by atoms with Gasteiger partial charge in [-0.25, -0.2) is 0 Å². The summed E-state index contributed by atoms with van der Waals surface area (Å²) in [6.45, 7) is 6.10. The molecule has 2 atom stereocenters. The van der Waals surface area contributed by atoms with Crippen molar-refractivity contribution in [3.05, 3.63) is 29.8 Å². The molecule has 3 rings (SSSR count). The number of rotatable bonds is 5. The molecule has 0 aromatic heterocycles. The number of nitrogens with zero attached hydrogens (tertiary/aromatic N) is 1. The monoisotopic (exact) mass is 334 g/mol. The number of β-amino-alcohol motifs (C(OH)–C–C–N with tert-alkyl or cyclic N) is 1. The zero-order chi connectivity index (χ0) is 17.0. The number of nitrogens with one attached hydrogen (secondary N) is 1. The Morgan fingerprint density at radius 2 is 2.08 bits per heavy atom. The first-order chi connectivity index (χ1) is 11.6. The number of carbonyl (C=O) groups excluding carboxylic acids is 1. The Balaban J connectivity index is 1.55. The van der Waals surface area contributed by atoms with Crippen LogP contribution in [0.1, 0.15) is 24.8 Å². The summed E-state index contributed by atoms with van der Waals surface area (Å²) in [6, 6.07) is 7.66. The summed E-state index contributed by atoms with van der Waals surface area (Å²) in [4.78, 5) is 14.8. The maximum Gasteiger partial charge on any atom is 0.227 e. The number of para-hydroxylation sites is 1. The van der Waals surface area contributed by atoms with Gasteiger partial charge >= 0.3 is 0 Å². The number of benzene rings is 1. The van der Waals surface area contributed by atoms with Crippen LogP contribution < -0.4 is 10.1 Å². The molecule has 2 heterocycles. The molecule has 0 saturated carbocycles. The minimum Gasteiger partial charge on any atom is -0.493 e. The molecule has 1 aromatic rings. The number of morpholine rings is 1. The highest BCUT2D eigenvalue weighted by atomic mass is 16.5. The fraction of sp³-hybridized carbons (Fsp3) is 0.611. The fourth-order valence-electron chi connectivity index (χ4n) is 3.31. The lowest BCUT2D eigenvalue weighted by Crippen LogP contribution is -2.51. The van der Waals surface area contributed by atoms with Crippen LogP contribution in [0.3, 0.4) is 0 Å². The lowest BCUT2D eigenvalue weighted by atomic mass is 9.92. The number of carbonyl (C=O) groups is 1. The quantitative estimate of drug-likeness (QED) is 0.832. The van der Waals surface area contributed by atoms with E-state index in [9.17, 15) is 9.90 Å². The number of fused-ring (bicyclic) bond motifs is 1. The van der Waals surface area contributed by atoms with Crippen molar-refractivity contribution in [3.63, 3.8) is 0 Å². The largest absolute Gasteiger partial charge is 0.493 e. The first-order valence-electron chi connectivity index (χ1n) is 8.57. The molecule has 2 aliphatic rings. The van der Waals surface area contributed by atoms with Crippen molar-refractivity contribution in [1.29, 1.82) is 0 Å². The molecule has 6 nitrogen and oxygen atoms in total. The minimum atomic E-state index is -0.961. The van der Waals surface area contributed by atoms with E-state index < -0.39 is 5.60 Å². The van der Waals surface area contributed by atoms with Gasteiger partial charge in [-0.3, -0.25) is 9.69 Å². The van der Waals surface area contributed by atoms with Crippen molar-refractivity contribution < 1.29 is 19.4 Å². The summed E-state index contributed by atoms with van der Waals surface area (Å²) in [7, 11) is 0. The van der Waals surface area contributed by atoms with Gasteiger partial charge in [-0.2, -0.15) is 0 Å². The second kappa shape index (κ2) is 7.51. The number of ether oxygens (including phenoxy) is 2. The van der Waals surface area contributed by atoms with Crippen LogP contribution >= 0.6 is 0 Å². The first-order valence-corrected chi connectivity index (χ1v) is 8.57. The highest BCUT2D eigenvalue weighted by Crippen LogP contribution is 2.33. The number of hydrogen-bond donors (Lipinski definition) is 2. The topological polar surface area (TPSA) is 71.0 Å². The van der Waals surface area contributed by atoms with E-state index in [1.807, 2.05) is 24.3 Å². The Morgan fingerprint density at radius 1 is 1.33 bits per heavy atom. The molecule has 6 heteroatoms. The van der Waals surface area contributed by atoms with E-state index in [0.717, 1.165) is 24.4 Å². The van der Waals surface area contributed by atoms with Gasteiger partial charge in [-0.1, -0.05) is 18.2 Å². The summed E-state index contributed by atoms with van der Waals surface area (Å²) < 4.78 is 10.9. The molecule has 1 saturated heterocycles. The van der Waals surface area contributed by atoms with Crippen LogP contribution in [0.25, 0.3) is 0 Å². The molecule has 1 fully saturated rings. The third kappa shape index (κ3) is 4.26. The van der Waals surface area contributed by atoms with Crippen LogP contribution in [-0.4, -0.2) is 67.5 Å². The van der Waals surface area contributed by atoms with E-state index in [1.165, 1.54) is 0 Å². The van der Waals surface area contributed by atoms with Crippen molar-refractivity contribution in [3.8, 4) is 5.75 Å². The van der Waals surface area contributed by atoms with Gasteiger partial charge in [0.1, 0.15) is 5.75 Å². The zero-order valence-corrected chi connectivity index (χ0v) is 14.2. The number of hydrogen-bond acceptors (Lipinski definition) is 5. The van der Waals surface area contributed by atoms with Gasteiger partial charge in [0.05, 0.1) is 31.3 Å². The molecule has 0 unspecified atom stereocenters. The standard InChI is InChI=1S/C18H26N2O4/c1-18(22,13-20-7-10-23-11-8-20)12-19-17(21)15-6-9-24-16-5-3-2-4-14(15)16/h2-5,15,22H,6-13H2,1H3,(H,19,21)/t15-,18+/m1/s1. The first kappa shape index (κ1) is 17.2. The zero-order valence-electron chi connectivity index (χ0n) is 14.2. The smallest absolute Gasteiger partial charge is 0.227 e. The molecule has 0 bridgehead atoms. The van der Waals surface area contributed by atoms with Crippen molar-refractivity contribution in [2.45, 2.75) is 24.9 Å². The van der Waals surface area contributed by atoms with Crippen molar-refractivity contribution in [2.75, 3.05) is 46.0 Å². The highest BCUT2D eigenvalue weighted by Gasteiger charge is 2.30. The van der Waals surface area contributed by atoms with E-state index in [2.05, 4.69) is 10.2 Å². The Bertz CT molecular complexity index is 570. The lowest BCUT2D eigenvalue weighted by molar-refractivity contribution is -0.124. The third-order valence-electron chi connectivity index (χ3n) is 4.59. The van der Waals surface area contributed by atoms with Crippen LogP contribution in [-0.2, 0) is 9.53 Å². The van der Waals surface area contributed by atoms with Gasteiger partial charge in [0.25, 0.3) is 0 Å². The lowest BCUT2D eigenvalue weighted by Gasteiger charge is -2.34. The van der Waals surface area contributed by atoms with Crippen molar-refractivity contribution in [1.82, 2.24) is 10.2 Å². The van der Waals surface area contributed by atoms with Gasteiger partial charge in [-0.15, -0.1) is 0 Å². The van der Waals surface area contributed by atoms with Gasteiger partial charge in [-0.05, 0) is 19.4 Å². The molecular weight excluding hydrogens is 308 g/mol. The van der Waals surface area contributed by atoms with E-state index >= 15 is 0 Å². The maximum absolute atomic E-state index is 12.6. The molecule has 0 aliphatic carbocycles. The van der Waals surface area contributed by atoms with Crippen molar-refractivity contribution in [2.24, 2.45) is 0 Å². The predicted molar refractivity (Wildman–Crippen MR) is 90.2 cm³/mol. The number of amides is 1. The minimum absolute atomic E-state index is 0.0481. The summed E-state index contributed by atoms with van der Waals surface area (Å²) in [5, 5.41) is 13.5. The van der Waals surface area contributed by atoms with Crippen LogP contribution in [0.4, 0.5) is 0 Å². The average Bonchev–Trinajstić information content (AvgIpc) is 2.60. The third-order valence-corrected chi connectivity index (χ3v) is 4.59. The second-order valence-electron chi connectivity index (χ2n) is 6.83. The maximum atomic E-state index is 12.6. The average molecular weight is 334 g/mol. The Hall–Kier alpha value is -1.63. The Morgan fingerprint density at radius 3 is 2.88 bits per heavy atom. The SMILES string of the molecule is C[C@](O)(CNC(=O)[C@@H]1CCOc2ccccc21)CN1CCOCC1. The summed E-state index contributed by atoms with van der Waals surface area (Å²) in [6.07, 6.45) is 0.661. The summed E-state index contributed by atoms with van der Waals surface area (Å²) in [5.41, 5.74) is -0.0356. The Kier molecular flexibility index (Phi) is 5.38. The second-order valence-corrected chi connectivity index (χ2v) is 6.83. The Labute approximate surface area is 142 Å². The van der Waals surface area contributed by atoms with Crippen LogP contribution in [0.2, 0.25) is 0 Å². The van der Waals surface area contributed by atoms with E-state index in [1.54, 1.807) is 6.92 Å². The molecular formula is C18H26N2O4. The van der Waals surface area contributed by atoms with Crippen LogP contribution in [0, 0.1) is 0 Å². The van der Waals surface area contributed by atoms with Gasteiger partial charge < -0.3 is 19.9 Å².